The lowest BCUT2D eigenvalue weighted by Crippen LogP contribution is -2.05. The fourth-order valence-electron chi connectivity index (χ4n) is 3.62. The molecule has 0 unspecified atom stereocenters. The average molecular weight is 353 g/mol. The van der Waals surface area contributed by atoms with E-state index in [2.05, 4.69) is 53.3 Å². The molecule has 0 bridgehead atoms. The highest BCUT2D eigenvalue weighted by molar-refractivity contribution is 6.15. The van der Waals surface area contributed by atoms with Crippen molar-refractivity contribution in [2.24, 2.45) is 5.92 Å². The molecule has 0 spiro atoms. The summed E-state index contributed by atoms with van der Waals surface area (Å²) >= 11 is 0. The van der Waals surface area contributed by atoms with Crippen molar-refractivity contribution in [2.75, 3.05) is 0 Å². The Morgan fingerprint density at radius 1 is 0.889 bits per heavy atom. The van der Waals surface area contributed by atoms with E-state index in [1.54, 1.807) is 0 Å². The minimum Gasteiger partial charge on any atom is -0.256 e. The van der Waals surface area contributed by atoms with E-state index >= 15 is 0 Å². The molecule has 0 amide bonds. The van der Waals surface area contributed by atoms with Crippen LogP contribution < -0.4 is 0 Å². The van der Waals surface area contributed by atoms with Crippen LogP contribution in [0.2, 0.25) is 0 Å². The zero-order valence-electron chi connectivity index (χ0n) is 15.3. The predicted molar refractivity (Wildman–Crippen MR) is 108 cm³/mol. The van der Waals surface area contributed by atoms with E-state index in [1.165, 1.54) is 0 Å². The molecule has 3 heterocycles. The van der Waals surface area contributed by atoms with Crippen LogP contribution in [0.4, 0.5) is 0 Å². The molecule has 0 aliphatic heterocycles. The fourth-order valence-corrected chi connectivity index (χ4v) is 3.62. The van der Waals surface area contributed by atoms with Crippen LogP contribution in [0.3, 0.4) is 0 Å². The number of hydrogen-bond acceptors (Lipinski definition) is 4. The molecule has 0 saturated carbocycles. The molecule has 0 N–H and O–H groups in total. The highest BCUT2D eigenvalue weighted by Gasteiger charge is 2.18. The first-order valence-corrected chi connectivity index (χ1v) is 9.19. The molecule has 5 rings (SSSR count). The van der Waals surface area contributed by atoms with Crippen LogP contribution in [0.1, 0.15) is 19.7 Å². The van der Waals surface area contributed by atoms with Crippen LogP contribution in [-0.2, 0) is 6.42 Å². The van der Waals surface area contributed by atoms with Crippen molar-refractivity contribution in [3.63, 3.8) is 0 Å². The van der Waals surface area contributed by atoms with E-state index in [-0.39, 0.29) is 0 Å². The van der Waals surface area contributed by atoms with Crippen LogP contribution in [0.25, 0.3) is 38.6 Å². The monoisotopic (exact) mass is 353 g/mol. The van der Waals surface area contributed by atoms with Gasteiger partial charge in [-0.2, -0.15) is 9.61 Å². The minimum atomic E-state index is 0.476. The van der Waals surface area contributed by atoms with Crippen LogP contribution in [0, 0.1) is 5.92 Å². The molecule has 0 fully saturated rings. The summed E-state index contributed by atoms with van der Waals surface area (Å²) in [7, 11) is 0. The Balaban J connectivity index is 1.97. The van der Waals surface area contributed by atoms with Gasteiger partial charge in [0, 0.05) is 34.3 Å². The Bertz CT molecular complexity index is 1270. The number of aromatic nitrogens is 5. The van der Waals surface area contributed by atoms with E-state index in [0.717, 1.165) is 50.8 Å². The summed E-state index contributed by atoms with van der Waals surface area (Å²) in [5, 5.41) is 17.1. The summed E-state index contributed by atoms with van der Waals surface area (Å²) in [6.07, 6.45) is 2.65. The first-order valence-electron chi connectivity index (χ1n) is 9.19. The SMILES string of the molecule is CC(C)Cc1nnc2c3c(ccc4ncccc43)c(-c3ccccc3)nn12. The molecule has 5 aromatic rings. The van der Waals surface area contributed by atoms with Gasteiger partial charge in [-0.25, -0.2) is 0 Å². The molecule has 0 aliphatic carbocycles. The van der Waals surface area contributed by atoms with Gasteiger partial charge in [-0.15, -0.1) is 10.2 Å². The highest BCUT2D eigenvalue weighted by atomic mass is 15.4. The van der Waals surface area contributed by atoms with Gasteiger partial charge in [0.2, 0.25) is 0 Å². The Labute approximate surface area is 156 Å². The third kappa shape index (κ3) is 2.54. The molecule has 27 heavy (non-hydrogen) atoms. The first kappa shape index (κ1) is 15.9. The van der Waals surface area contributed by atoms with E-state index < -0.39 is 0 Å². The van der Waals surface area contributed by atoms with Crippen molar-refractivity contribution < 1.29 is 0 Å². The van der Waals surface area contributed by atoms with Gasteiger partial charge >= 0.3 is 0 Å². The molecule has 0 aliphatic rings. The van der Waals surface area contributed by atoms with Gasteiger partial charge in [-0.3, -0.25) is 4.98 Å². The lowest BCUT2D eigenvalue weighted by molar-refractivity contribution is 0.606. The molecule has 5 heteroatoms. The molecular weight excluding hydrogens is 334 g/mol. The largest absolute Gasteiger partial charge is 0.256 e. The number of rotatable bonds is 3. The second kappa shape index (κ2) is 6.13. The molecule has 3 aromatic heterocycles. The quantitative estimate of drug-likeness (QED) is 0.442. The van der Waals surface area contributed by atoms with Gasteiger partial charge < -0.3 is 0 Å². The summed E-state index contributed by atoms with van der Waals surface area (Å²) in [5.74, 6) is 1.37. The zero-order valence-corrected chi connectivity index (χ0v) is 15.3. The predicted octanol–water partition coefficient (Wildman–Crippen LogP) is 4.69. The third-order valence-corrected chi connectivity index (χ3v) is 4.81. The number of fused-ring (bicyclic) bond motifs is 5. The van der Waals surface area contributed by atoms with E-state index in [1.807, 2.05) is 41.0 Å². The standard InChI is InChI=1S/C22H19N5/c1-14(2)13-19-24-25-22-20-16-9-6-12-23-18(16)11-10-17(20)21(26-27(19)22)15-7-4-3-5-8-15/h3-12,14H,13H2,1-2H3. The Morgan fingerprint density at radius 3 is 2.56 bits per heavy atom. The molecule has 0 saturated heterocycles. The summed E-state index contributed by atoms with van der Waals surface area (Å²) in [6, 6.07) is 18.5. The van der Waals surface area contributed by atoms with Gasteiger partial charge in [-0.05, 0) is 24.1 Å². The van der Waals surface area contributed by atoms with E-state index in [4.69, 9.17) is 5.10 Å². The maximum atomic E-state index is 4.96. The van der Waals surface area contributed by atoms with Crippen LogP contribution in [-0.4, -0.2) is 24.8 Å². The summed E-state index contributed by atoms with van der Waals surface area (Å²) in [6.45, 7) is 4.36. The molecule has 2 aromatic carbocycles. The summed E-state index contributed by atoms with van der Waals surface area (Å²) in [5.41, 5.74) is 3.76. The van der Waals surface area contributed by atoms with Crippen molar-refractivity contribution in [3.8, 4) is 11.3 Å². The van der Waals surface area contributed by atoms with Gasteiger partial charge in [0.25, 0.3) is 0 Å². The van der Waals surface area contributed by atoms with Gasteiger partial charge in [0.05, 0.1) is 11.2 Å². The number of hydrogen-bond donors (Lipinski definition) is 0. The Hall–Kier alpha value is -3.34. The highest BCUT2D eigenvalue weighted by Crippen LogP contribution is 2.33. The first-order chi connectivity index (χ1) is 13.2. The van der Waals surface area contributed by atoms with Crippen LogP contribution in [0.5, 0.6) is 0 Å². The molecule has 132 valence electrons. The zero-order chi connectivity index (χ0) is 18.4. The van der Waals surface area contributed by atoms with E-state index in [0.29, 0.717) is 5.92 Å². The van der Waals surface area contributed by atoms with Gasteiger partial charge in [-0.1, -0.05) is 50.2 Å². The molecule has 0 radical (unpaired) electrons. The summed E-state index contributed by atoms with van der Waals surface area (Å²) < 4.78 is 1.91. The maximum Gasteiger partial charge on any atom is 0.186 e. The van der Waals surface area contributed by atoms with Crippen molar-refractivity contribution >= 4 is 27.3 Å². The second-order valence-electron chi connectivity index (χ2n) is 7.22. The molecule has 5 nitrogen and oxygen atoms in total. The van der Waals surface area contributed by atoms with Crippen molar-refractivity contribution in [3.05, 3.63) is 66.6 Å². The summed E-state index contributed by atoms with van der Waals surface area (Å²) in [4.78, 5) is 4.52. The van der Waals surface area contributed by atoms with Gasteiger partial charge in [0.1, 0.15) is 0 Å². The minimum absolute atomic E-state index is 0.476. The smallest absolute Gasteiger partial charge is 0.186 e. The van der Waals surface area contributed by atoms with Crippen LogP contribution in [0.15, 0.2) is 60.8 Å². The topological polar surface area (TPSA) is 56.0 Å². The lowest BCUT2D eigenvalue weighted by atomic mass is 10.0. The number of benzene rings is 2. The van der Waals surface area contributed by atoms with E-state index in [9.17, 15) is 0 Å². The lowest BCUT2D eigenvalue weighted by Gasteiger charge is -2.11. The Kier molecular flexibility index (Phi) is 3.60. The number of pyridine rings is 1. The van der Waals surface area contributed by atoms with Gasteiger partial charge in [0.15, 0.2) is 11.5 Å². The molecular formula is C22H19N5. The maximum absolute atomic E-state index is 4.96. The fraction of sp³-hybridized carbons (Fsp3) is 0.182. The third-order valence-electron chi connectivity index (χ3n) is 4.81. The second-order valence-corrected chi connectivity index (χ2v) is 7.22. The van der Waals surface area contributed by atoms with Crippen molar-refractivity contribution in [1.82, 2.24) is 24.8 Å². The van der Waals surface area contributed by atoms with Crippen molar-refractivity contribution in [1.29, 1.82) is 0 Å². The average Bonchev–Trinajstić information content (AvgIpc) is 3.09. The Morgan fingerprint density at radius 2 is 1.74 bits per heavy atom. The molecule has 0 atom stereocenters. The normalized spacial score (nSPS) is 11.8. The van der Waals surface area contributed by atoms with Crippen molar-refractivity contribution in [2.45, 2.75) is 20.3 Å². The van der Waals surface area contributed by atoms with Crippen LogP contribution >= 0.6 is 0 Å². The number of nitrogens with zero attached hydrogens (tertiary/aromatic N) is 5.